The summed E-state index contributed by atoms with van der Waals surface area (Å²) < 4.78 is 5.60. The second-order valence-corrected chi connectivity index (χ2v) is 5.73. The predicted molar refractivity (Wildman–Crippen MR) is 74.9 cm³/mol. The quantitative estimate of drug-likeness (QED) is 0.810. The van der Waals surface area contributed by atoms with Gasteiger partial charge in [0.25, 0.3) is 0 Å². The lowest BCUT2D eigenvalue weighted by Gasteiger charge is -2.25. The molecule has 1 aromatic carbocycles. The maximum atomic E-state index is 5.60. The van der Waals surface area contributed by atoms with E-state index in [1.54, 1.807) is 11.3 Å². The lowest BCUT2D eigenvalue weighted by Crippen LogP contribution is -2.21. The minimum Gasteiger partial charge on any atom is -0.378 e. The van der Waals surface area contributed by atoms with Crippen molar-refractivity contribution < 1.29 is 4.74 Å². The molecule has 0 bridgehead atoms. The van der Waals surface area contributed by atoms with Crippen LogP contribution < -0.4 is 0 Å². The van der Waals surface area contributed by atoms with Gasteiger partial charge in [0.15, 0.2) is 0 Å². The molecule has 1 aromatic heterocycles. The molecule has 2 atom stereocenters. The lowest BCUT2D eigenvalue weighted by atomic mass is 9.97. The predicted octanol–water partition coefficient (Wildman–Crippen LogP) is 4.09. The fourth-order valence-corrected chi connectivity index (χ4v) is 3.42. The van der Waals surface area contributed by atoms with Gasteiger partial charge >= 0.3 is 0 Å². The molecule has 1 aliphatic heterocycles. The van der Waals surface area contributed by atoms with Crippen molar-refractivity contribution in [2.24, 2.45) is 0 Å². The largest absolute Gasteiger partial charge is 0.378 e. The highest BCUT2D eigenvalue weighted by molar-refractivity contribution is 7.10. The normalized spacial score (nSPS) is 24.1. The molecule has 3 rings (SSSR count). The van der Waals surface area contributed by atoms with Gasteiger partial charge in [-0.25, -0.2) is 4.98 Å². The molecule has 2 heterocycles. The summed E-state index contributed by atoms with van der Waals surface area (Å²) in [5.41, 5.74) is 2.31. The van der Waals surface area contributed by atoms with Crippen molar-refractivity contribution in [1.82, 2.24) is 4.98 Å². The van der Waals surface area contributed by atoms with Crippen LogP contribution >= 0.6 is 11.3 Å². The Morgan fingerprint density at radius 3 is 2.89 bits per heavy atom. The van der Waals surface area contributed by atoms with Crippen molar-refractivity contribution >= 4 is 11.3 Å². The first-order valence-electron chi connectivity index (χ1n) is 6.45. The Morgan fingerprint density at radius 1 is 1.28 bits per heavy atom. The van der Waals surface area contributed by atoms with E-state index in [1.165, 1.54) is 10.6 Å². The molecule has 0 saturated carbocycles. The first-order valence-corrected chi connectivity index (χ1v) is 7.33. The Morgan fingerprint density at radius 2 is 2.11 bits per heavy atom. The number of aromatic nitrogens is 1. The van der Waals surface area contributed by atoms with Crippen molar-refractivity contribution in [3.8, 4) is 11.3 Å². The molecule has 94 valence electrons. The zero-order chi connectivity index (χ0) is 12.4. The molecular formula is C15H17NOS. The lowest BCUT2D eigenvalue weighted by molar-refractivity contribution is 0.0186. The van der Waals surface area contributed by atoms with Gasteiger partial charge in [-0.3, -0.25) is 0 Å². The summed E-state index contributed by atoms with van der Waals surface area (Å²) >= 11 is 1.79. The highest BCUT2D eigenvalue weighted by atomic mass is 32.1. The minimum absolute atomic E-state index is 0.368. The molecule has 2 nitrogen and oxygen atoms in total. The van der Waals surface area contributed by atoms with Crippen LogP contribution in [0.1, 0.15) is 30.7 Å². The molecular weight excluding hydrogens is 242 g/mol. The Balaban J connectivity index is 1.81. The van der Waals surface area contributed by atoms with Gasteiger partial charge in [0.2, 0.25) is 0 Å². The van der Waals surface area contributed by atoms with E-state index in [4.69, 9.17) is 9.72 Å². The monoisotopic (exact) mass is 259 g/mol. The van der Waals surface area contributed by atoms with Crippen LogP contribution in [0.3, 0.4) is 0 Å². The number of hydrogen-bond acceptors (Lipinski definition) is 3. The Hall–Kier alpha value is -1.19. The SMILES string of the molecule is C[C@@H]1C[C@@H](c2nc(-c3ccccc3)cs2)CCO1. The van der Waals surface area contributed by atoms with Crippen LogP contribution in [-0.4, -0.2) is 17.7 Å². The Labute approximate surface area is 112 Å². The molecule has 1 aliphatic rings. The summed E-state index contributed by atoms with van der Waals surface area (Å²) in [5, 5.41) is 3.44. The van der Waals surface area contributed by atoms with E-state index in [0.717, 1.165) is 25.1 Å². The van der Waals surface area contributed by atoms with Crippen LogP contribution in [-0.2, 0) is 4.74 Å². The topological polar surface area (TPSA) is 22.1 Å². The zero-order valence-electron chi connectivity index (χ0n) is 10.5. The Kier molecular flexibility index (Phi) is 3.43. The van der Waals surface area contributed by atoms with Crippen molar-refractivity contribution in [2.75, 3.05) is 6.61 Å². The van der Waals surface area contributed by atoms with E-state index in [2.05, 4.69) is 36.6 Å². The smallest absolute Gasteiger partial charge is 0.0965 e. The first kappa shape index (κ1) is 11.9. The molecule has 2 aromatic rings. The van der Waals surface area contributed by atoms with Gasteiger partial charge in [-0.15, -0.1) is 11.3 Å². The van der Waals surface area contributed by atoms with E-state index >= 15 is 0 Å². The van der Waals surface area contributed by atoms with Crippen LogP contribution in [0.15, 0.2) is 35.7 Å². The average molecular weight is 259 g/mol. The summed E-state index contributed by atoms with van der Waals surface area (Å²) in [7, 11) is 0. The zero-order valence-corrected chi connectivity index (χ0v) is 11.3. The fraction of sp³-hybridized carbons (Fsp3) is 0.400. The van der Waals surface area contributed by atoms with Gasteiger partial charge in [0.1, 0.15) is 0 Å². The van der Waals surface area contributed by atoms with Crippen molar-refractivity contribution in [2.45, 2.75) is 31.8 Å². The van der Waals surface area contributed by atoms with E-state index < -0.39 is 0 Å². The summed E-state index contributed by atoms with van der Waals surface area (Å²) in [4.78, 5) is 4.80. The summed E-state index contributed by atoms with van der Waals surface area (Å²) in [6.45, 7) is 3.02. The second-order valence-electron chi connectivity index (χ2n) is 4.84. The molecule has 1 fully saturated rings. The van der Waals surface area contributed by atoms with Crippen LogP contribution in [0, 0.1) is 0 Å². The molecule has 0 N–H and O–H groups in total. The molecule has 0 unspecified atom stereocenters. The summed E-state index contributed by atoms with van der Waals surface area (Å²) in [6, 6.07) is 10.4. The number of thiazole rings is 1. The highest BCUT2D eigenvalue weighted by Gasteiger charge is 2.23. The number of hydrogen-bond donors (Lipinski definition) is 0. The molecule has 3 heteroatoms. The Bertz CT molecular complexity index is 508. The highest BCUT2D eigenvalue weighted by Crippen LogP contribution is 2.33. The molecule has 1 saturated heterocycles. The summed E-state index contributed by atoms with van der Waals surface area (Å²) in [6.07, 6.45) is 2.57. The van der Waals surface area contributed by atoms with Crippen LogP contribution in [0.25, 0.3) is 11.3 Å². The van der Waals surface area contributed by atoms with E-state index in [0.29, 0.717) is 12.0 Å². The third kappa shape index (κ3) is 2.47. The maximum absolute atomic E-state index is 5.60. The van der Waals surface area contributed by atoms with Gasteiger partial charge < -0.3 is 4.74 Å². The molecule has 18 heavy (non-hydrogen) atoms. The average Bonchev–Trinajstić information content (AvgIpc) is 2.89. The minimum atomic E-state index is 0.368. The molecule has 0 radical (unpaired) electrons. The van der Waals surface area contributed by atoms with Crippen molar-refractivity contribution in [3.63, 3.8) is 0 Å². The van der Waals surface area contributed by atoms with Crippen molar-refractivity contribution in [3.05, 3.63) is 40.7 Å². The third-order valence-corrected chi connectivity index (χ3v) is 4.43. The molecule has 0 aliphatic carbocycles. The number of benzene rings is 1. The van der Waals surface area contributed by atoms with Gasteiger partial charge in [0, 0.05) is 23.5 Å². The third-order valence-electron chi connectivity index (χ3n) is 3.43. The summed E-state index contributed by atoms with van der Waals surface area (Å²) in [5.74, 6) is 0.580. The van der Waals surface area contributed by atoms with E-state index in [-0.39, 0.29) is 0 Å². The van der Waals surface area contributed by atoms with Gasteiger partial charge in [0.05, 0.1) is 16.8 Å². The second kappa shape index (κ2) is 5.21. The van der Waals surface area contributed by atoms with Crippen LogP contribution in [0.5, 0.6) is 0 Å². The molecule has 0 amide bonds. The number of nitrogens with zero attached hydrogens (tertiary/aromatic N) is 1. The van der Waals surface area contributed by atoms with E-state index in [9.17, 15) is 0 Å². The standard InChI is InChI=1S/C15H17NOS/c1-11-9-13(7-8-17-11)15-16-14(10-18-15)12-5-3-2-4-6-12/h2-6,10-11,13H,7-9H2,1H3/t11-,13+/m1/s1. The van der Waals surface area contributed by atoms with E-state index in [1.807, 2.05) is 6.07 Å². The van der Waals surface area contributed by atoms with Crippen LogP contribution in [0.4, 0.5) is 0 Å². The van der Waals surface area contributed by atoms with Gasteiger partial charge in [-0.2, -0.15) is 0 Å². The fourth-order valence-electron chi connectivity index (χ4n) is 2.44. The number of ether oxygens (including phenoxy) is 1. The van der Waals surface area contributed by atoms with Crippen molar-refractivity contribution in [1.29, 1.82) is 0 Å². The first-order chi connectivity index (χ1) is 8.83. The van der Waals surface area contributed by atoms with Gasteiger partial charge in [-0.05, 0) is 19.8 Å². The van der Waals surface area contributed by atoms with Crippen LogP contribution in [0.2, 0.25) is 0 Å². The van der Waals surface area contributed by atoms with Gasteiger partial charge in [-0.1, -0.05) is 30.3 Å². The maximum Gasteiger partial charge on any atom is 0.0965 e. The molecule has 0 spiro atoms. The number of rotatable bonds is 2.